The van der Waals surface area contributed by atoms with Gasteiger partial charge in [0.2, 0.25) is 0 Å². The minimum atomic E-state index is -0.128. The van der Waals surface area contributed by atoms with E-state index < -0.39 is 0 Å². The Morgan fingerprint density at radius 3 is 2.37 bits per heavy atom. The van der Waals surface area contributed by atoms with Crippen molar-refractivity contribution in [3.63, 3.8) is 0 Å². The van der Waals surface area contributed by atoms with Crippen LogP contribution in [0, 0.1) is 12.8 Å². The molecule has 1 amide bonds. The minimum absolute atomic E-state index is 0.128. The van der Waals surface area contributed by atoms with Crippen LogP contribution >= 0.6 is 0 Å². The van der Waals surface area contributed by atoms with E-state index in [1.54, 1.807) is 11.8 Å². The number of nitrogens with one attached hydrogen (secondary N) is 1. The zero-order valence-electron chi connectivity index (χ0n) is 16.2. The van der Waals surface area contributed by atoms with Gasteiger partial charge in [-0.3, -0.25) is 4.79 Å². The van der Waals surface area contributed by atoms with Crippen LogP contribution < -0.4 is 10.1 Å². The summed E-state index contributed by atoms with van der Waals surface area (Å²) in [7, 11) is 1.64. The van der Waals surface area contributed by atoms with E-state index in [2.05, 4.69) is 19.2 Å². The number of carbonyl (C=O) groups is 1. The molecule has 1 N–H and O–H groups in total. The summed E-state index contributed by atoms with van der Waals surface area (Å²) in [6.07, 6.45) is 0. The van der Waals surface area contributed by atoms with Gasteiger partial charge in [0.25, 0.3) is 5.91 Å². The Morgan fingerprint density at radius 1 is 1.11 bits per heavy atom. The van der Waals surface area contributed by atoms with E-state index in [9.17, 15) is 4.79 Å². The highest BCUT2D eigenvalue weighted by Crippen LogP contribution is 2.24. The highest BCUT2D eigenvalue weighted by molar-refractivity contribution is 5.94. The zero-order chi connectivity index (χ0) is 19.4. The molecule has 3 rings (SSSR count). The number of hydrogen-bond donors (Lipinski definition) is 1. The zero-order valence-corrected chi connectivity index (χ0v) is 16.2. The van der Waals surface area contributed by atoms with E-state index in [0.29, 0.717) is 18.2 Å². The van der Waals surface area contributed by atoms with Crippen molar-refractivity contribution in [3.8, 4) is 22.7 Å². The molecule has 0 saturated heterocycles. The fraction of sp³-hybridized carbons (Fsp3) is 0.273. The summed E-state index contributed by atoms with van der Waals surface area (Å²) in [6.45, 7) is 6.79. The average molecular weight is 363 g/mol. The summed E-state index contributed by atoms with van der Waals surface area (Å²) >= 11 is 0. The second kappa shape index (κ2) is 8.08. The molecule has 0 fully saturated rings. The normalized spacial score (nSPS) is 10.9. The van der Waals surface area contributed by atoms with Crippen LogP contribution in [0.15, 0.2) is 54.6 Å². The number of ether oxygens (including phenoxy) is 1. The number of carbonyl (C=O) groups excluding carboxylic acids is 1. The van der Waals surface area contributed by atoms with Gasteiger partial charge >= 0.3 is 0 Å². The summed E-state index contributed by atoms with van der Waals surface area (Å²) < 4.78 is 6.92. The highest BCUT2D eigenvalue weighted by atomic mass is 16.5. The van der Waals surface area contributed by atoms with Crippen LogP contribution in [0.25, 0.3) is 16.9 Å². The first-order valence-electron chi connectivity index (χ1n) is 9.07. The van der Waals surface area contributed by atoms with E-state index in [4.69, 9.17) is 9.84 Å². The summed E-state index contributed by atoms with van der Waals surface area (Å²) in [5.74, 6) is 1.04. The van der Waals surface area contributed by atoms with Crippen LogP contribution in [0.5, 0.6) is 5.75 Å². The Hall–Kier alpha value is -3.08. The Labute approximate surface area is 160 Å². The molecule has 140 valence electrons. The number of nitrogens with zero attached hydrogens (tertiary/aromatic N) is 2. The summed E-state index contributed by atoms with van der Waals surface area (Å²) in [6, 6.07) is 17.5. The van der Waals surface area contributed by atoms with E-state index in [1.165, 1.54) is 0 Å². The molecule has 0 unspecified atom stereocenters. The molecule has 0 aliphatic carbocycles. The van der Waals surface area contributed by atoms with Gasteiger partial charge < -0.3 is 10.1 Å². The predicted octanol–water partition coefficient (Wildman–Crippen LogP) is 4.24. The fourth-order valence-corrected chi connectivity index (χ4v) is 2.72. The molecule has 5 nitrogen and oxygen atoms in total. The maximum atomic E-state index is 12.8. The van der Waals surface area contributed by atoms with Crippen molar-refractivity contribution in [2.24, 2.45) is 5.92 Å². The van der Waals surface area contributed by atoms with Crippen LogP contribution in [0.1, 0.15) is 29.9 Å². The fourth-order valence-electron chi connectivity index (χ4n) is 2.72. The van der Waals surface area contributed by atoms with Gasteiger partial charge in [-0.05, 0) is 55.3 Å². The van der Waals surface area contributed by atoms with E-state index in [1.807, 2.05) is 61.5 Å². The summed E-state index contributed by atoms with van der Waals surface area (Å²) in [4.78, 5) is 12.8. The molecule has 0 aliphatic heterocycles. The molecule has 1 heterocycles. The van der Waals surface area contributed by atoms with Crippen LogP contribution in [0.2, 0.25) is 0 Å². The quantitative estimate of drug-likeness (QED) is 0.713. The van der Waals surface area contributed by atoms with Crippen molar-refractivity contribution >= 4 is 5.91 Å². The first-order chi connectivity index (χ1) is 13.0. The molecule has 0 aliphatic rings. The Morgan fingerprint density at radius 2 is 1.78 bits per heavy atom. The first-order valence-corrected chi connectivity index (χ1v) is 9.07. The smallest absolute Gasteiger partial charge is 0.270 e. The molecule has 27 heavy (non-hydrogen) atoms. The molecule has 0 spiro atoms. The number of aromatic nitrogens is 2. The topological polar surface area (TPSA) is 56.1 Å². The molecule has 0 saturated carbocycles. The molecule has 0 radical (unpaired) electrons. The molecular formula is C22H25N3O2. The van der Waals surface area contributed by atoms with Crippen molar-refractivity contribution in [2.45, 2.75) is 20.8 Å². The molecule has 0 atom stereocenters. The van der Waals surface area contributed by atoms with Crippen molar-refractivity contribution in [1.82, 2.24) is 15.1 Å². The molecule has 5 heteroatoms. The lowest BCUT2D eigenvalue weighted by molar-refractivity contribution is 0.0941. The van der Waals surface area contributed by atoms with Crippen molar-refractivity contribution in [2.75, 3.05) is 13.7 Å². The minimum Gasteiger partial charge on any atom is -0.497 e. The SMILES string of the molecule is COc1ccc(-c2cc(C(=O)NCC(C)C)n(-c3ccc(C)cc3)n2)cc1. The number of methoxy groups -OCH3 is 1. The molecule has 1 aromatic heterocycles. The van der Waals surface area contributed by atoms with Gasteiger partial charge in [0.1, 0.15) is 11.4 Å². The van der Waals surface area contributed by atoms with Crippen molar-refractivity contribution < 1.29 is 9.53 Å². The third-order valence-electron chi connectivity index (χ3n) is 4.28. The third kappa shape index (κ3) is 4.37. The third-order valence-corrected chi connectivity index (χ3v) is 4.28. The van der Waals surface area contributed by atoms with Crippen LogP contribution in [-0.4, -0.2) is 29.3 Å². The number of hydrogen-bond acceptors (Lipinski definition) is 3. The number of rotatable bonds is 6. The van der Waals surface area contributed by atoms with Crippen LogP contribution in [0.3, 0.4) is 0 Å². The van der Waals surface area contributed by atoms with Gasteiger partial charge in [0.05, 0.1) is 18.5 Å². The monoisotopic (exact) mass is 363 g/mol. The molecule has 3 aromatic rings. The standard InChI is InChI=1S/C22H25N3O2/c1-15(2)14-23-22(26)21-13-20(17-7-11-19(27-4)12-8-17)24-25(21)18-9-5-16(3)6-10-18/h5-13,15H,14H2,1-4H3,(H,23,26). The second-order valence-corrected chi connectivity index (χ2v) is 6.99. The maximum absolute atomic E-state index is 12.8. The predicted molar refractivity (Wildman–Crippen MR) is 107 cm³/mol. The van der Waals surface area contributed by atoms with Crippen molar-refractivity contribution in [1.29, 1.82) is 0 Å². The lowest BCUT2D eigenvalue weighted by Crippen LogP contribution is -2.29. The molecule has 0 bridgehead atoms. The van der Waals surface area contributed by atoms with E-state index in [0.717, 1.165) is 28.3 Å². The number of benzene rings is 2. The Bertz CT molecular complexity index is 910. The van der Waals surface area contributed by atoms with Gasteiger partial charge in [-0.15, -0.1) is 0 Å². The number of amides is 1. The Balaban J connectivity index is 2.01. The first kappa shape index (κ1) is 18.7. The summed E-state index contributed by atoms with van der Waals surface area (Å²) in [5.41, 5.74) is 4.21. The molecular weight excluding hydrogens is 338 g/mol. The maximum Gasteiger partial charge on any atom is 0.270 e. The largest absolute Gasteiger partial charge is 0.497 e. The second-order valence-electron chi connectivity index (χ2n) is 6.99. The van der Waals surface area contributed by atoms with Gasteiger partial charge in [-0.2, -0.15) is 5.10 Å². The van der Waals surface area contributed by atoms with Gasteiger partial charge in [0.15, 0.2) is 0 Å². The lowest BCUT2D eigenvalue weighted by atomic mass is 10.1. The number of aryl methyl sites for hydroxylation is 1. The van der Waals surface area contributed by atoms with Gasteiger partial charge in [-0.25, -0.2) is 4.68 Å². The van der Waals surface area contributed by atoms with Gasteiger partial charge in [-0.1, -0.05) is 31.5 Å². The van der Waals surface area contributed by atoms with E-state index in [-0.39, 0.29) is 5.91 Å². The summed E-state index contributed by atoms with van der Waals surface area (Å²) in [5, 5.41) is 7.68. The lowest BCUT2D eigenvalue weighted by Gasteiger charge is -2.10. The average Bonchev–Trinajstić information content (AvgIpc) is 3.12. The van der Waals surface area contributed by atoms with Crippen LogP contribution in [-0.2, 0) is 0 Å². The van der Waals surface area contributed by atoms with Gasteiger partial charge in [0, 0.05) is 12.1 Å². The van der Waals surface area contributed by atoms with E-state index >= 15 is 0 Å². The Kier molecular flexibility index (Phi) is 5.60. The van der Waals surface area contributed by atoms with Crippen LogP contribution in [0.4, 0.5) is 0 Å². The van der Waals surface area contributed by atoms with Crippen molar-refractivity contribution in [3.05, 3.63) is 65.9 Å². The highest BCUT2D eigenvalue weighted by Gasteiger charge is 2.18. The molecule has 2 aromatic carbocycles.